The molecule has 2 bridgehead atoms. The van der Waals surface area contributed by atoms with E-state index in [9.17, 15) is 0 Å². The van der Waals surface area contributed by atoms with E-state index in [2.05, 4.69) is 17.3 Å². The molecule has 3 rings (SSSR count). The van der Waals surface area contributed by atoms with Crippen LogP contribution in [0.5, 0.6) is 0 Å². The third kappa shape index (κ3) is 2.68. The summed E-state index contributed by atoms with van der Waals surface area (Å²) >= 11 is 0. The van der Waals surface area contributed by atoms with Gasteiger partial charge in [0.05, 0.1) is 0 Å². The molecular weight excluding hydrogens is 208 g/mol. The van der Waals surface area contributed by atoms with Gasteiger partial charge in [-0.05, 0) is 82.5 Å². The molecule has 2 heteroatoms. The first-order valence-corrected chi connectivity index (χ1v) is 7.72. The van der Waals surface area contributed by atoms with Gasteiger partial charge in [-0.2, -0.15) is 0 Å². The molecule has 98 valence electrons. The minimum absolute atomic E-state index is 0.941. The molecule has 0 radical (unpaired) electrons. The largest absolute Gasteiger partial charge is 0.319 e. The Morgan fingerprint density at radius 3 is 2.47 bits per heavy atom. The van der Waals surface area contributed by atoms with Gasteiger partial charge < -0.3 is 10.2 Å². The number of nitrogens with one attached hydrogen (secondary N) is 1. The fraction of sp³-hybridized carbons (Fsp3) is 1.00. The van der Waals surface area contributed by atoms with Crippen LogP contribution in [0.25, 0.3) is 0 Å². The maximum absolute atomic E-state index is 3.33. The second kappa shape index (κ2) is 5.27. The monoisotopic (exact) mass is 236 g/mol. The Kier molecular flexibility index (Phi) is 3.72. The highest BCUT2D eigenvalue weighted by atomic mass is 15.1. The van der Waals surface area contributed by atoms with Gasteiger partial charge in [0.2, 0.25) is 0 Å². The lowest BCUT2D eigenvalue weighted by Crippen LogP contribution is -2.40. The summed E-state index contributed by atoms with van der Waals surface area (Å²) in [6.45, 7) is 5.37. The van der Waals surface area contributed by atoms with Gasteiger partial charge >= 0.3 is 0 Å². The van der Waals surface area contributed by atoms with Crippen LogP contribution in [0, 0.1) is 23.7 Å². The predicted molar refractivity (Wildman–Crippen MR) is 72.0 cm³/mol. The average Bonchev–Trinajstić information content (AvgIpc) is 2.94. The molecule has 1 heterocycles. The minimum Gasteiger partial charge on any atom is -0.319 e. The zero-order valence-electron chi connectivity index (χ0n) is 11.3. The van der Waals surface area contributed by atoms with E-state index < -0.39 is 0 Å². The minimum atomic E-state index is 0.941. The smallest absolute Gasteiger partial charge is 0.00124 e. The van der Waals surface area contributed by atoms with Crippen LogP contribution in [0.15, 0.2) is 0 Å². The third-order valence-corrected chi connectivity index (χ3v) is 5.58. The van der Waals surface area contributed by atoms with Crippen LogP contribution in [0.1, 0.15) is 38.5 Å². The topological polar surface area (TPSA) is 15.3 Å². The second-order valence-electron chi connectivity index (χ2n) is 6.74. The van der Waals surface area contributed by atoms with E-state index in [4.69, 9.17) is 0 Å². The van der Waals surface area contributed by atoms with Crippen molar-refractivity contribution in [2.45, 2.75) is 38.5 Å². The zero-order chi connectivity index (χ0) is 11.7. The number of fused-ring (bicyclic) bond motifs is 2. The van der Waals surface area contributed by atoms with Crippen LogP contribution >= 0.6 is 0 Å². The number of rotatable bonds is 4. The number of piperidine rings is 1. The molecule has 0 aromatic carbocycles. The Bertz CT molecular complexity index is 245. The van der Waals surface area contributed by atoms with Crippen LogP contribution in [0.4, 0.5) is 0 Å². The lowest BCUT2D eigenvalue weighted by atomic mass is 9.87. The molecule has 2 saturated carbocycles. The van der Waals surface area contributed by atoms with Crippen molar-refractivity contribution in [1.82, 2.24) is 10.2 Å². The lowest BCUT2D eigenvalue weighted by molar-refractivity contribution is 0.139. The van der Waals surface area contributed by atoms with Gasteiger partial charge in [-0.15, -0.1) is 0 Å². The molecule has 3 aliphatic rings. The molecule has 3 fully saturated rings. The Labute approximate surface area is 106 Å². The van der Waals surface area contributed by atoms with Crippen molar-refractivity contribution >= 4 is 0 Å². The Morgan fingerprint density at radius 2 is 1.88 bits per heavy atom. The number of nitrogens with zero attached hydrogens (tertiary/aromatic N) is 1. The summed E-state index contributed by atoms with van der Waals surface area (Å²) in [5.74, 6) is 4.23. The maximum Gasteiger partial charge on any atom is 0.00124 e. The highest BCUT2D eigenvalue weighted by Crippen LogP contribution is 2.48. The molecule has 3 atom stereocenters. The van der Waals surface area contributed by atoms with E-state index in [1.807, 2.05) is 0 Å². The van der Waals surface area contributed by atoms with Gasteiger partial charge in [0.25, 0.3) is 0 Å². The van der Waals surface area contributed by atoms with Crippen LogP contribution in [0.3, 0.4) is 0 Å². The van der Waals surface area contributed by atoms with Crippen molar-refractivity contribution in [1.29, 1.82) is 0 Å². The lowest BCUT2D eigenvalue weighted by Gasteiger charge is -2.35. The molecule has 0 aromatic rings. The van der Waals surface area contributed by atoms with E-state index in [-0.39, 0.29) is 0 Å². The molecule has 1 N–H and O–H groups in total. The molecule has 0 aromatic heterocycles. The van der Waals surface area contributed by atoms with Crippen molar-refractivity contribution < 1.29 is 0 Å². The first-order chi connectivity index (χ1) is 8.35. The van der Waals surface area contributed by atoms with Gasteiger partial charge in [-0.25, -0.2) is 0 Å². The van der Waals surface area contributed by atoms with E-state index >= 15 is 0 Å². The van der Waals surface area contributed by atoms with Crippen LogP contribution in [0.2, 0.25) is 0 Å². The van der Waals surface area contributed by atoms with E-state index in [1.54, 1.807) is 25.7 Å². The highest BCUT2D eigenvalue weighted by molar-refractivity contribution is 4.91. The van der Waals surface area contributed by atoms with Gasteiger partial charge in [0, 0.05) is 6.54 Å². The molecule has 1 saturated heterocycles. The fourth-order valence-corrected chi connectivity index (χ4v) is 4.59. The van der Waals surface area contributed by atoms with E-state index in [1.165, 1.54) is 39.0 Å². The van der Waals surface area contributed by atoms with Gasteiger partial charge in [-0.3, -0.25) is 0 Å². The van der Waals surface area contributed by atoms with Crippen LogP contribution < -0.4 is 5.32 Å². The summed E-state index contributed by atoms with van der Waals surface area (Å²) in [5, 5.41) is 3.33. The Morgan fingerprint density at radius 1 is 1.06 bits per heavy atom. The summed E-state index contributed by atoms with van der Waals surface area (Å²) in [7, 11) is 2.08. The second-order valence-corrected chi connectivity index (χ2v) is 6.74. The van der Waals surface area contributed by atoms with Crippen molar-refractivity contribution in [2.75, 3.05) is 33.2 Å². The van der Waals surface area contributed by atoms with Crippen molar-refractivity contribution in [3.63, 3.8) is 0 Å². The highest BCUT2D eigenvalue weighted by Gasteiger charge is 2.40. The molecule has 0 spiro atoms. The SMILES string of the molecule is CNCC1CCN(CC2CC3CCC2C3)CC1. The number of hydrogen-bond donors (Lipinski definition) is 1. The number of likely N-dealkylation sites (tertiary alicyclic amines) is 1. The molecule has 1 aliphatic heterocycles. The van der Waals surface area contributed by atoms with Crippen LogP contribution in [-0.4, -0.2) is 38.1 Å². The Hall–Kier alpha value is -0.0800. The zero-order valence-corrected chi connectivity index (χ0v) is 11.3. The van der Waals surface area contributed by atoms with E-state index in [0.29, 0.717) is 0 Å². The normalized spacial score (nSPS) is 39.0. The van der Waals surface area contributed by atoms with Crippen molar-refractivity contribution in [2.24, 2.45) is 23.7 Å². The molecule has 17 heavy (non-hydrogen) atoms. The summed E-state index contributed by atoms with van der Waals surface area (Å²) in [5.41, 5.74) is 0. The van der Waals surface area contributed by atoms with Gasteiger partial charge in [0.15, 0.2) is 0 Å². The first-order valence-electron chi connectivity index (χ1n) is 7.72. The predicted octanol–water partition coefficient (Wildman–Crippen LogP) is 2.35. The maximum atomic E-state index is 3.33. The third-order valence-electron chi connectivity index (χ3n) is 5.58. The van der Waals surface area contributed by atoms with Crippen LogP contribution in [-0.2, 0) is 0 Å². The summed E-state index contributed by atoms with van der Waals surface area (Å²) in [4.78, 5) is 2.76. The Balaban J connectivity index is 1.42. The summed E-state index contributed by atoms with van der Waals surface area (Å²) in [6.07, 6.45) is 9.06. The average molecular weight is 236 g/mol. The first kappa shape index (κ1) is 12.0. The number of hydrogen-bond acceptors (Lipinski definition) is 2. The van der Waals surface area contributed by atoms with Gasteiger partial charge in [-0.1, -0.05) is 6.42 Å². The standard InChI is InChI=1S/C15H28N2/c1-16-10-12-4-6-17(7-5-12)11-15-9-13-2-3-14(15)8-13/h12-16H,2-11H2,1H3. The quantitative estimate of drug-likeness (QED) is 0.806. The van der Waals surface area contributed by atoms with Crippen molar-refractivity contribution in [3.05, 3.63) is 0 Å². The van der Waals surface area contributed by atoms with Gasteiger partial charge in [0.1, 0.15) is 0 Å². The molecule has 0 amide bonds. The van der Waals surface area contributed by atoms with Crippen molar-refractivity contribution in [3.8, 4) is 0 Å². The summed E-state index contributed by atoms with van der Waals surface area (Å²) in [6, 6.07) is 0. The van der Waals surface area contributed by atoms with E-state index in [0.717, 1.165) is 23.7 Å². The molecule has 2 aliphatic carbocycles. The molecule has 3 unspecified atom stereocenters. The molecular formula is C15H28N2. The fourth-order valence-electron chi connectivity index (χ4n) is 4.59. The summed E-state index contributed by atoms with van der Waals surface area (Å²) < 4.78 is 0. The molecule has 2 nitrogen and oxygen atoms in total.